The minimum Gasteiger partial charge on any atom is -0.490 e. The summed E-state index contributed by atoms with van der Waals surface area (Å²) in [6, 6.07) is 15.7. The van der Waals surface area contributed by atoms with E-state index in [1.807, 2.05) is 32.0 Å². The fraction of sp³-hybridized carbons (Fsp3) is 0.458. The number of hydrogen-bond acceptors (Lipinski definition) is 5. The quantitative estimate of drug-likeness (QED) is 0.604. The third kappa shape index (κ3) is 6.21. The van der Waals surface area contributed by atoms with Crippen LogP contribution in [0.2, 0.25) is 0 Å². The van der Waals surface area contributed by atoms with Gasteiger partial charge in [0.15, 0.2) is 11.5 Å². The lowest BCUT2D eigenvalue weighted by Gasteiger charge is -2.33. The van der Waals surface area contributed by atoms with Gasteiger partial charge in [0.05, 0.1) is 25.9 Å². The molecule has 162 valence electrons. The Balaban J connectivity index is 1.45. The van der Waals surface area contributed by atoms with Gasteiger partial charge in [-0.1, -0.05) is 30.3 Å². The zero-order valence-corrected chi connectivity index (χ0v) is 17.9. The van der Waals surface area contributed by atoms with Gasteiger partial charge in [0.25, 0.3) is 5.91 Å². The fourth-order valence-electron chi connectivity index (χ4n) is 3.57. The van der Waals surface area contributed by atoms with E-state index in [0.717, 1.165) is 32.7 Å². The SMILES string of the molecule is CCOc1ccc(C(=O)NCCCN2CCOC(c3ccccc3)C2)cc1OCC. The number of morpholine rings is 1. The molecule has 0 spiro atoms. The van der Waals surface area contributed by atoms with Crippen LogP contribution in [0.25, 0.3) is 0 Å². The lowest BCUT2D eigenvalue weighted by atomic mass is 10.1. The summed E-state index contributed by atoms with van der Waals surface area (Å²) in [6.45, 7) is 9.01. The molecule has 1 unspecified atom stereocenters. The number of benzene rings is 2. The standard InChI is InChI=1S/C24H32N2O4/c1-3-28-21-12-11-20(17-22(21)29-4-2)24(27)25-13-8-14-26-15-16-30-23(18-26)19-9-6-5-7-10-19/h5-7,9-12,17,23H,3-4,8,13-16,18H2,1-2H3,(H,25,27). The minimum absolute atomic E-state index is 0.0943. The van der Waals surface area contributed by atoms with Crippen LogP contribution in [0, 0.1) is 0 Å². The average molecular weight is 413 g/mol. The third-order valence-electron chi connectivity index (χ3n) is 5.06. The van der Waals surface area contributed by atoms with Gasteiger partial charge in [-0.05, 0) is 44.0 Å². The number of hydrogen-bond donors (Lipinski definition) is 1. The first kappa shape index (κ1) is 22.1. The Hall–Kier alpha value is -2.57. The lowest BCUT2D eigenvalue weighted by molar-refractivity contribution is -0.0301. The first-order chi connectivity index (χ1) is 14.7. The van der Waals surface area contributed by atoms with Crippen molar-refractivity contribution in [1.29, 1.82) is 0 Å². The van der Waals surface area contributed by atoms with E-state index < -0.39 is 0 Å². The van der Waals surface area contributed by atoms with E-state index >= 15 is 0 Å². The van der Waals surface area contributed by atoms with Crippen LogP contribution in [0.1, 0.15) is 42.3 Å². The van der Waals surface area contributed by atoms with Gasteiger partial charge in [0.2, 0.25) is 0 Å². The summed E-state index contributed by atoms with van der Waals surface area (Å²) in [4.78, 5) is 14.9. The van der Waals surface area contributed by atoms with Crippen molar-refractivity contribution < 1.29 is 19.0 Å². The second-order valence-electron chi connectivity index (χ2n) is 7.21. The van der Waals surface area contributed by atoms with E-state index in [4.69, 9.17) is 14.2 Å². The summed E-state index contributed by atoms with van der Waals surface area (Å²) < 4.78 is 17.1. The smallest absolute Gasteiger partial charge is 0.251 e. The fourth-order valence-corrected chi connectivity index (χ4v) is 3.57. The molecule has 6 nitrogen and oxygen atoms in total. The zero-order valence-electron chi connectivity index (χ0n) is 17.9. The summed E-state index contributed by atoms with van der Waals surface area (Å²) in [5, 5.41) is 3.01. The van der Waals surface area contributed by atoms with Gasteiger partial charge in [-0.2, -0.15) is 0 Å². The van der Waals surface area contributed by atoms with Gasteiger partial charge in [0.1, 0.15) is 0 Å². The lowest BCUT2D eigenvalue weighted by Crippen LogP contribution is -2.39. The maximum absolute atomic E-state index is 12.5. The number of carbonyl (C=O) groups excluding carboxylic acids is 1. The van der Waals surface area contributed by atoms with E-state index in [-0.39, 0.29) is 12.0 Å². The molecule has 2 aromatic carbocycles. The highest BCUT2D eigenvalue weighted by Gasteiger charge is 2.21. The van der Waals surface area contributed by atoms with E-state index in [1.165, 1.54) is 5.56 Å². The van der Waals surface area contributed by atoms with Crippen molar-refractivity contribution >= 4 is 5.91 Å². The van der Waals surface area contributed by atoms with Crippen molar-refractivity contribution in [2.75, 3.05) is 46.0 Å². The molecule has 3 rings (SSSR count). The van der Waals surface area contributed by atoms with Crippen LogP contribution in [-0.4, -0.2) is 56.8 Å². The second kappa shape index (κ2) is 11.6. The normalized spacial score (nSPS) is 16.8. The Bertz CT molecular complexity index is 797. The summed E-state index contributed by atoms with van der Waals surface area (Å²) in [6.07, 6.45) is 1.01. The van der Waals surface area contributed by atoms with Crippen LogP contribution in [0.4, 0.5) is 0 Å². The highest BCUT2D eigenvalue weighted by atomic mass is 16.5. The topological polar surface area (TPSA) is 60.0 Å². The molecule has 0 aliphatic carbocycles. The molecular weight excluding hydrogens is 380 g/mol. The Morgan fingerprint density at radius 2 is 1.87 bits per heavy atom. The molecule has 0 aromatic heterocycles. The van der Waals surface area contributed by atoms with Crippen molar-refractivity contribution in [2.24, 2.45) is 0 Å². The third-order valence-corrected chi connectivity index (χ3v) is 5.06. The molecule has 1 atom stereocenters. The van der Waals surface area contributed by atoms with E-state index in [1.54, 1.807) is 18.2 Å². The van der Waals surface area contributed by atoms with Crippen molar-refractivity contribution in [2.45, 2.75) is 26.4 Å². The number of ether oxygens (including phenoxy) is 3. The van der Waals surface area contributed by atoms with Crippen LogP contribution >= 0.6 is 0 Å². The van der Waals surface area contributed by atoms with Crippen LogP contribution in [0.5, 0.6) is 11.5 Å². The van der Waals surface area contributed by atoms with Crippen LogP contribution in [0.3, 0.4) is 0 Å². The Kier molecular flexibility index (Phi) is 8.53. The van der Waals surface area contributed by atoms with Crippen LogP contribution < -0.4 is 14.8 Å². The molecule has 1 N–H and O–H groups in total. The summed E-state index contributed by atoms with van der Waals surface area (Å²) >= 11 is 0. The van der Waals surface area contributed by atoms with Gasteiger partial charge >= 0.3 is 0 Å². The Labute approximate surface area is 179 Å². The number of nitrogens with zero attached hydrogens (tertiary/aromatic N) is 1. The van der Waals surface area contributed by atoms with Gasteiger partial charge in [-0.25, -0.2) is 0 Å². The molecule has 1 aliphatic heterocycles. The van der Waals surface area contributed by atoms with Gasteiger partial charge in [0, 0.05) is 31.7 Å². The maximum Gasteiger partial charge on any atom is 0.251 e. The van der Waals surface area contributed by atoms with Gasteiger partial charge in [-0.15, -0.1) is 0 Å². The Morgan fingerprint density at radius 1 is 1.10 bits per heavy atom. The summed E-state index contributed by atoms with van der Waals surface area (Å²) in [7, 11) is 0. The molecule has 1 aliphatic rings. The largest absolute Gasteiger partial charge is 0.490 e. The number of carbonyl (C=O) groups is 1. The number of nitrogens with one attached hydrogen (secondary N) is 1. The van der Waals surface area contributed by atoms with Crippen molar-refractivity contribution in [3.05, 3.63) is 59.7 Å². The van der Waals surface area contributed by atoms with Crippen molar-refractivity contribution in [3.8, 4) is 11.5 Å². The first-order valence-corrected chi connectivity index (χ1v) is 10.8. The van der Waals surface area contributed by atoms with E-state index in [2.05, 4.69) is 22.3 Å². The first-order valence-electron chi connectivity index (χ1n) is 10.8. The Morgan fingerprint density at radius 3 is 2.63 bits per heavy atom. The molecular formula is C24H32N2O4. The zero-order chi connectivity index (χ0) is 21.2. The molecule has 0 radical (unpaired) electrons. The van der Waals surface area contributed by atoms with Crippen LogP contribution in [-0.2, 0) is 4.74 Å². The molecule has 1 heterocycles. The highest BCUT2D eigenvalue weighted by molar-refractivity contribution is 5.94. The molecule has 30 heavy (non-hydrogen) atoms. The maximum atomic E-state index is 12.5. The average Bonchev–Trinajstić information content (AvgIpc) is 2.79. The minimum atomic E-state index is -0.0943. The van der Waals surface area contributed by atoms with Crippen molar-refractivity contribution in [1.82, 2.24) is 10.2 Å². The second-order valence-corrected chi connectivity index (χ2v) is 7.21. The molecule has 6 heteroatoms. The van der Waals surface area contributed by atoms with Crippen molar-refractivity contribution in [3.63, 3.8) is 0 Å². The predicted octanol–water partition coefficient (Wildman–Crippen LogP) is 3.68. The summed E-state index contributed by atoms with van der Waals surface area (Å²) in [5.41, 5.74) is 1.80. The van der Waals surface area contributed by atoms with Gasteiger partial charge < -0.3 is 19.5 Å². The molecule has 2 aromatic rings. The number of rotatable bonds is 10. The molecule has 1 saturated heterocycles. The number of amides is 1. The summed E-state index contributed by atoms with van der Waals surface area (Å²) in [5.74, 6) is 1.17. The predicted molar refractivity (Wildman–Crippen MR) is 117 cm³/mol. The van der Waals surface area contributed by atoms with E-state index in [0.29, 0.717) is 36.8 Å². The molecule has 1 amide bonds. The highest BCUT2D eigenvalue weighted by Crippen LogP contribution is 2.28. The van der Waals surface area contributed by atoms with Gasteiger partial charge in [-0.3, -0.25) is 9.69 Å². The monoisotopic (exact) mass is 412 g/mol. The molecule has 0 saturated carbocycles. The molecule has 1 fully saturated rings. The van der Waals surface area contributed by atoms with Crippen LogP contribution in [0.15, 0.2) is 48.5 Å². The molecule has 0 bridgehead atoms. The van der Waals surface area contributed by atoms with E-state index in [9.17, 15) is 4.79 Å².